The molecule has 0 aromatic heterocycles. The molecule has 110 valence electrons. The van der Waals surface area contributed by atoms with Crippen LogP contribution >= 0.6 is 31.9 Å². The van der Waals surface area contributed by atoms with Crippen LogP contribution in [0.2, 0.25) is 0 Å². The lowest BCUT2D eigenvalue weighted by Crippen LogP contribution is -2.34. The fourth-order valence-electron chi connectivity index (χ4n) is 2.04. The highest BCUT2D eigenvalue weighted by molar-refractivity contribution is 9.10. The molecule has 5 heteroatoms. The number of carbonyl (C=O) groups excluding carboxylic acids is 1. The molecule has 1 amide bonds. The Kier molecular flexibility index (Phi) is 5.42. The molecule has 0 bridgehead atoms. The maximum absolute atomic E-state index is 12.3. The number of hydrogen-bond acceptors (Lipinski definition) is 2. The van der Waals surface area contributed by atoms with Gasteiger partial charge in [0.1, 0.15) is 0 Å². The van der Waals surface area contributed by atoms with Crippen molar-refractivity contribution in [1.82, 2.24) is 5.32 Å². The van der Waals surface area contributed by atoms with E-state index in [1.807, 2.05) is 31.2 Å². The van der Waals surface area contributed by atoms with E-state index in [0.29, 0.717) is 11.3 Å². The van der Waals surface area contributed by atoms with Gasteiger partial charge < -0.3 is 11.1 Å². The Labute approximate surface area is 141 Å². The molecule has 0 spiro atoms. The van der Waals surface area contributed by atoms with Crippen molar-refractivity contribution in [2.45, 2.75) is 19.4 Å². The minimum absolute atomic E-state index is 0.0343. The minimum Gasteiger partial charge on any atom is -0.399 e. The van der Waals surface area contributed by atoms with Gasteiger partial charge in [-0.15, -0.1) is 0 Å². The minimum atomic E-state index is -0.126. The highest BCUT2D eigenvalue weighted by atomic mass is 79.9. The van der Waals surface area contributed by atoms with Gasteiger partial charge in [-0.05, 0) is 65.2 Å². The van der Waals surface area contributed by atoms with Crippen molar-refractivity contribution < 1.29 is 4.79 Å². The lowest BCUT2D eigenvalue weighted by Gasteiger charge is -2.15. The molecule has 2 rings (SSSR count). The zero-order valence-corrected chi connectivity index (χ0v) is 14.7. The SMILES string of the molecule is CC(Cc1ccc(Br)cc1)NC(=O)c1cc(N)ccc1Br. The largest absolute Gasteiger partial charge is 0.399 e. The van der Waals surface area contributed by atoms with Gasteiger partial charge in [-0.2, -0.15) is 0 Å². The zero-order chi connectivity index (χ0) is 15.4. The second-order valence-electron chi connectivity index (χ2n) is 4.94. The van der Waals surface area contributed by atoms with E-state index in [9.17, 15) is 4.79 Å². The smallest absolute Gasteiger partial charge is 0.252 e. The number of anilines is 1. The summed E-state index contributed by atoms with van der Waals surface area (Å²) in [7, 11) is 0. The summed E-state index contributed by atoms with van der Waals surface area (Å²) in [6, 6.07) is 13.3. The number of hydrogen-bond donors (Lipinski definition) is 2. The summed E-state index contributed by atoms with van der Waals surface area (Å²) in [6.07, 6.45) is 0.777. The lowest BCUT2D eigenvalue weighted by molar-refractivity contribution is 0.0939. The van der Waals surface area contributed by atoms with Crippen LogP contribution in [0.25, 0.3) is 0 Å². The standard InChI is InChI=1S/C16H16Br2N2O/c1-10(8-11-2-4-12(17)5-3-11)20-16(21)14-9-13(19)6-7-15(14)18/h2-7,9-10H,8,19H2,1H3,(H,20,21). The van der Waals surface area contributed by atoms with Gasteiger partial charge in [-0.3, -0.25) is 4.79 Å². The number of nitrogens with two attached hydrogens (primary N) is 1. The monoisotopic (exact) mass is 410 g/mol. The molecule has 0 fully saturated rings. The van der Waals surface area contributed by atoms with Crippen molar-refractivity contribution in [3.63, 3.8) is 0 Å². The Hall–Kier alpha value is -1.33. The van der Waals surface area contributed by atoms with E-state index in [4.69, 9.17) is 5.73 Å². The van der Waals surface area contributed by atoms with Crippen molar-refractivity contribution in [3.8, 4) is 0 Å². The van der Waals surface area contributed by atoms with Crippen molar-refractivity contribution in [1.29, 1.82) is 0 Å². The van der Waals surface area contributed by atoms with Crippen LogP contribution in [0.5, 0.6) is 0 Å². The summed E-state index contributed by atoms with van der Waals surface area (Å²) in [5.41, 5.74) is 8.03. The van der Waals surface area contributed by atoms with E-state index < -0.39 is 0 Å². The van der Waals surface area contributed by atoms with Crippen molar-refractivity contribution in [2.24, 2.45) is 0 Å². The third-order valence-electron chi connectivity index (χ3n) is 3.07. The molecule has 3 nitrogen and oxygen atoms in total. The fourth-order valence-corrected chi connectivity index (χ4v) is 2.73. The Morgan fingerprint density at radius 1 is 1.19 bits per heavy atom. The van der Waals surface area contributed by atoms with E-state index in [-0.39, 0.29) is 11.9 Å². The molecule has 0 radical (unpaired) electrons. The molecule has 1 unspecified atom stereocenters. The van der Waals surface area contributed by atoms with Gasteiger partial charge in [0, 0.05) is 20.7 Å². The van der Waals surface area contributed by atoms with Crippen LogP contribution in [0.1, 0.15) is 22.8 Å². The van der Waals surface area contributed by atoms with Gasteiger partial charge in [0.25, 0.3) is 5.91 Å². The summed E-state index contributed by atoms with van der Waals surface area (Å²) in [5.74, 6) is -0.126. The normalized spacial score (nSPS) is 12.0. The third kappa shape index (κ3) is 4.58. The second-order valence-corrected chi connectivity index (χ2v) is 6.71. The van der Waals surface area contributed by atoms with Gasteiger partial charge in [0.15, 0.2) is 0 Å². The molecule has 21 heavy (non-hydrogen) atoms. The van der Waals surface area contributed by atoms with Gasteiger partial charge in [0.2, 0.25) is 0 Å². The molecule has 0 heterocycles. The Morgan fingerprint density at radius 2 is 1.86 bits per heavy atom. The van der Waals surface area contributed by atoms with E-state index in [2.05, 4.69) is 37.2 Å². The summed E-state index contributed by atoms with van der Waals surface area (Å²) in [6.45, 7) is 1.99. The highest BCUT2D eigenvalue weighted by Gasteiger charge is 2.13. The molecule has 2 aromatic carbocycles. The second kappa shape index (κ2) is 7.09. The van der Waals surface area contributed by atoms with Crippen LogP contribution in [0.3, 0.4) is 0 Å². The molecule has 1 atom stereocenters. The fraction of sp³-hybridized carbons (Fsp3) is 0.188. The Morgan fingerprint density at radius 3 is 2.52 bits per heavy atom. The molecule has 3 N–H and O–H groups in total. The number of nitrogen functional groups attached to an aromatic ring is 1. The van der Waals surface area contributed by atoms with Gasteiger partial charge in [-0.1, -0.05) is 28.1 Å². The first-order valence-corrected chi connectivity index (χ1v) is 8.14. The summed E-state index contributed by atoms with van der Waals surface area (Å²) >= 11 is 6.78. The molecule has 0 saturated heterocycles. The molecule has 0 aliphatic heterocycles. The third-order valence-corrected chi connectivity index (χ3v) is 4.29. The van der Waals surface area contributed by atoms with Crippen LogP contribution in [0, 0.1) is 0 Å². The van der Waals surface area contributed by atoms with Crippen LogP contribution < -0.4 is 11.1 Å². The highest BCUT2D eigenvalue weighted by Crippen LogP contribution is 2.20. The predicted octanol–water partition coefficient (Wildman–Crippen LogP) is 4.15. The number of rotatable bonds is 4. The van der Waals surface area contributed by atoms with E-state index in [1.54, 1.807) is 18.2 Å². The van der Waals surface area contributed by atoms with Crippen LogP contribution in [0.15, 0.2) is 51.4 Å². The summed E-state index contributed by atoms with van der Waals surface area (Å²) in [5, 5.41) is 2.99. The van der Waals surface area contributed by atoms with E-state index >= 15 is 0 Å². The van der Waals surface area contributed by atoms with Crippen molar-refractivity contribution >= 4 is 43.5 Å². The number of halogens is 2. The molecule has 0 aliphatic carbocycles. The van der Waals surface area contributed by atoms with Crippen LogP contribution in [-0.4, -0.2) is 11.9 Å². The molecule has 2 aromatic rings. The lowest BCUT2D eigenvalue weighted by atomic mass is 10.1. The van der Waals surface area contributed by atoms with Crippen molar-refractivity contribution in [3.05, 3.63) is 62.5 Å². The first kappa shape index (κ1) is 16.0. The molecular weight excluding hydrogens is 396 g/mol. The number of carbonyl (C=O) groups is 1. The Balaban J connectivity index is 2.01. The molecular formula is C16H16Br2N2O. The van der Waals surface area contributed by atoms with Crippen LogP contribution in [-0.2, 0) is 6.42 Å². The topological polar surface area (TPSA) is 55.1 Å². The van der Waals surface area contributed by atoms with E-state index in [1.165, 1.54) is 5.56 Å². The van der Waals surface area contributed by atoms with Gasteiger partial charge in [-0.25, -0.2) is 0 Å². The average Bonchev–Trinajstić information content (AvgIpc) is 2.44. The predicted molar refractivity (Wildman–Crippen MR) is 93.3 cm³/mol. The summed E-state index contributed by atoms with van der Waals surface area (Å²) < 4.78 is 1.79. The number of nitrogens with one attached hydrogen (secondary N) is 1. The van der Waals surface area contributed by atoms with Gasteiger partial charge in [0.05, 0.1) is 5.56 Å². The van der Waals surface area contributed by atoms with Crippen molar-refractivity contribution in [2.75, 3.05) is 5.73 Å². The molecule has 0 aliphatic rings. The first-order valence-electron chi connectivity index (χ1n) is 6.56. The number of amides is 1. The number of benzene rings is 2. The first-order chi connectivity index (χ1) is 9.95. The van der Waals surface area contributed by atoms with Gasteiger partial charge >= 0.3 is 0 Å². The Bertz CT molecular complexity index is 641. The maximum atomic E-state index is 12.3. The molecule has 0 saturated carbocycles. The average molecular weight is 412 g/mol. The van der Waals surface area contributed by atoms with Crippen LogP contribution in [0.4, 0.5) is 5.69 Å². The zero-order valence-electron chi connectivity index (χ0n) is 11.6. The quantitative estimate of drug-likeness (QED) is 0.742. The summed E-state index contributed by atoms with van der Waals surface area (Å²) in [4.78, 5) is 12.3. The van der Waals surface area contributed by atoms with E-state index in [0.717, 1.165) is 15.4 Å². The maximum Gasteiger partial charge on any atom is 0.252 e.